The molecule has 0 spiro atoms. The van der Waals surface area contributed by atoms with Crippen molar-refractivity contribution in [3.63, 3.8) is 0 Å². The molecule has 0 heterocycles. The van der Waals surface area contributed by atoms with Gasteiger partial charge < -0.3 is 15.4 Å². The van der Waals surface area contributed by atoms with Crippen LogP contribution < -0.4 is 10.6 Å². The van der Waals surface area contributed by atoms with Gasteiger partial charge in [-0.3, -0.25) is 0 Å². The number of ether oxygens (including phenoxy) is 1. The predicted octanol–water partition coefficient (Wildman–Crippen LogP) is 5.86. The molecule has 2 amide bonds. The monoisotopic (exact) mass is 428 g/mol. The fraction of sp³-hybridized carbons (Fsp3) is 0.0909. The van der Waals surface area contributed by atoms with Gasteiger partial charge in [-0.25, -0.2) is 18.4 Å². The molecule has 5 nitrogen and oxygen atoms in total. The number of nitrogens with one attached hydrogen (secondary N) is 2. The van der Waals surface area contributed by atoms with Crippen LogP contribution in [0.1, 0.15) is 15.9 Å². The molecule has 0 fully saturated rings. The van der Waals surface area contributed by atoms with Gasteiger partial charge in [0.2, 0.25) is 0 Å². The Labute approximate surface area is 176 Å². The molecule has 0 unspecified atom stereocenters. The first-order valence-corrected chi connectivity index (χ1v) is 9.68. The maximum atomic E-state index is 13.8. The number of para-hydroxylation sites is 1. The van der Waals surface area contributed by atoms with E-state index in [-0.39, 0.29) is 11.3 Å². The number of anilines is 2. The minimum absolute atomic E-state index is 0.220. The van der Waals surface area contributed by atoms with E-state index < -0.39 is 29.3 Å². The summed E-state index contributed by atoms with van der Waals surface area (Å²) in [5.74, 6) is -2.38. The Kier molecular flexibility index (Phi) is 6.68. The van der Waals surface area contributed by atoms with Gasteiger partial charge in [-0.2, -0.15) is 0 Å². The van der Waals surface area contributed by atoms with Crippen molar-refractivity contribution < 1.29 is 23.1 Å². The highest BCUT2D eigenvalue weighted by Crippen LogP contribution is 2.34. The Morgan fingerprint density at radius 1 is 0.933 bits per heavy atom. The number of hydrogen-bond donors (Lipinski definition) is 2. The number of urea groups is 1. The normalized spacial score (nSPS) is 10.4. The third kappa shape index (κ3) is 5.15. The van der Waals surface area contributed by atoms with Crippen LogP contribution in [0.2, 0.25) is 0 Å². The van der Waals surface area contributed by atoms with Crippen molar-refractivity contribution in [3.05, 3.63) is 83.4 Å². The number of benzene rings is 3. The minimum atomic E-state index is -0.900. The van der Waals surface area contributed by atoms with Gasteiger partial charge in [0, 0.05) is 9.79 Å². The van der Waals surface area contributed by atoms with Crippen molar-refractivity contribution in [1.82, 2.24) is 0 Å². The molecule has 2 N–H and O–H groups in total. The van der Waals surface area contributed by atoms with Gasteiger partial charge in [0.15, 0.2) is 0 Å². The predicted molar refractivity (Wildman–Crippen MR) is 112 cm³/mol. The summed E-state index contributed by atoms with van der Waals surface area (Å²) in [6, 6.07) is 14.8. The second kappa shape index (κ2) is 9.41. The molecule has 0 bridgehead atoms. The molecule has 0 aliphatic heterocycles. The summed E-state index contributed by atoms with van der Waals surface area (Å²) in [5.41, 5.74) is 1.05. The molecule has 154 valence electrons. The Morgan fingerprint density at radius 3 is 2.23 bits per heavy atom. The lowest BCUT2D eigenvalue weighted by molar-refractivity contribution is 0.0600. The van der Waals surface area contributed by atoms with Gasteiger partial charge in [-0.1, -0.05) is 35.5 Å². The van der Waals surface area contributed by atoms with Gasteiger partial charge >= 0.3 is 12.0 Å². The Bertz CT molecular complexity index is 1070. The van der Waals surface area contributed by atoms with Gasteiger partial charge in [0.05, 0.1) is 18.4 Å². The molecule has 0 saturated carbocycles. The number of carbonyl (C=O) groups is 2. The van der Waals surface area contributed by atoms with Crippen molar-refractivity contribution in [2.45, 2.75) is 16.7 Å². The van der Waals surface area contributed by atoms with E-state index in [0.717, 1.165) is 22.6 Å². The first kappa shape index (κ1) is 21.3. The molecule has 0 aliphatic carbocycles. The second-order valence-corrected chi connectivity index (χ2v) is 7.41. The highest BCUT2D eigenvalue weighted by atomic mass is 32.2. The zero-order valence-electron chi connectivity index (χ0n) is 16.2. The SMILES string of the molecule is COC(=O)c1ccc(Sc2ccc(C)cc2)c(NC(=O)Nc2c(F)cccc2F)c1. The molecule has 30 heavy (non-hydrogen) atoms. The van der Waals surface area contributed by atoms with Crippen LogP contribution in [0.3, 0.4) is 0 Å². The Hall–Kier alpha value is -3.39. The molecule has 3 aromatic carbocycles. The van der Waals surface area contributed by atoms with E-state index in [1.54, 1.807) is 12.1 Å². The molecule has 0 atom stereocenters. The summed E-state index contributed by atoms with van der Waals surface area (Å²) < 4.78 is 32.4. The van der Waals surface area contributed by atoms with E-state index in [1.165, 1.54) is 31.0 Å². The number of rotatable bonds is 5. The second-order valence-electron chi connectivity index (χ2n) is 6.29. The lowest BCUT2D eigenvalue weighted by Crippen LogP contribution is -2.21. The van der Waals surface area contributed by atoms with E-state index in [1.807, 2.05) is 31.2 Å². The fourth-order valence-electron chi connectivity index (χ4n) is 2.58. The highest BCUT2D eigenvalue weighted by molar-refractivity contribution is 7.99. The number of carbonyl (C=O) groups excluding carboxylic acids is 2. The van der Waals surface area contributed by atoms with Crippen LogP contribution in [0.4, 0.5) is 25.0 Å². The zero-order valence-corrected chi connectivity index (χ0v) is 17.0. The Morgan fingerprint density at radius 2 is 1.60 bits per heavy atom. The fourth-order valence-corrected chi connectivity index (χ4v) is 3.46. The van der Waals surface area contributed by atoms with Crippen LogP contribution in [0, 0.1) is 18.6 Å². The Balaban J connectivity index is 1.88. The first-order chi connectivity index (χ1) is 14.4. The summed E-state index contributed by atoms with van der Waals surface area (Å²) in [5, 5.41) is 4.72. The van der Waals surface area contributed by atoms with E-state index in [4.69, 9.17) is 4.74 Å². The smallest absolute Gasteiger partial charge is 0.337 e. The van der Waals surface area contributed by atoms with Gasteiger partial charge in [0.1, 0.15) is 17.3 Å². The van der Waals surface area contributed by atoms with Crippen molar-refractivity contribution in [2.75, 3.05) is 17.7 Å². The number of hydrogen-bond acceptors (Lipinski definition) is 4. The standard InChI is InChI=1S/C22H18F2N2O3S/c1-13-6-9-15(10-7-13)30-19-11-8-14(21(27)29-2)12-18(19)25-22(28)26-20-16(23)4-3-5-17(20)24/h3-12H,1-2H3,(H2,25,26,28). The van der Waals surface area contributed by atoms with Crippen LogP contribution in [0.5, 0.6) is 0 Å². The maximum absolute atomic E-state index is 13.8. The number of amides is 2. The van der Waals surface area contributed by atoms with Gasteiger partial charge in [-0.15, -0.1) is 0 Å². The molecule has 0 aliphatic rings. The summed E-state index contributed by atoms with van der Waals surface area (Å²) in [7, 11) is 1.25. The molecular weight excluding hydrogens is 410 g/mol. The maximum Gasteiger partial charge on any atom is 0.337 e. The molecule has 3 rings (SSSR count). The van der Waals surface area contributed by atoms with Crippen LogP contribution in [-0.4, -0.2) is 19.1 Å². The highest BCUT2D eigenvalue weighted by Gasteiger charge is 2.16. The minimum Gasteiger partial charge on any atom is -0.465 e. The van der Waals surface area contributed by atoms with Crippen molar-refractivity contribution in [1.29, 1.82) is 0 Å². The number of aryl methyl sites for hydroxylation is 1. The molecule has 8 heteroatoms. The summed E-state index contributed by atoms with van der Waals surface area (Å²) in [6.07, 6.45) is 0. The third-order valence-corrected chi connectivity index (χ3v) is 5.18. The van der Waals surface area contributed by atoms with E-state index in [9.17, 15) is 18.4 Å². The van der Waals surface area contributed by atoms with Gasteiger partial charge in [0.25, 0.3) is 0 Å². The van der Waals surface area contributed by atoms with Crippen molar-refractivity contribution in [2.24, 2.45) is 0 Å². The van der Waals surface area contributed by atoms with E-state index >= 15 is 0 Å². The van der Waals surface area contributed by atoms with Crippen LogP contribution >= 0.6 is 11.8 Å². The molecule has 0 aromatic heterocycles. The first-order valence-electron chi connectivity index (χ1n) is 8.86. The quantitative estimate of drug-likeness (QED) is 0.500. The topological polar surface area (TPSA) is 67.4 Å². The van der Waals surface area contributed by atoms with Crippen molar-refractivity contribution in [3.8, 4) is 0 Å². The van der Waals surface area contributed by atoms with E-state index in [2.05, 4.69) is 10.6 Å². The number of halogens is 2. The van der Waals surface area contributed by atoms with Crippen LogP contribution in [0.25, 0.3) is 0 Å². The summed E-state index contributed by atoms with van der Waals surface area (Å²) in [4.78, 5) is 25.8. The van der Waals surface area contributed by atoms with E-state index in [0.29, 0.717) is 4.90 Å². The third-order valence-electron chi connectivity index (χ3n) is 4.10. The van der Waals surface area contributed by atoms with Crippen LogP contribution in [0.15, 0.2) is 70.5 Å². The number of methoxy groups -OCH3 is 1. The summed E-state index contributed by atoms with van der Waals surface area (Å²) in [6.45, 7) is 1.97. The van der Waals surface area contributed by atoms with Gasteiger partial charge in [-0.05, 0) is 49.4 Å². The molecule has 3 aromatic rings. The largest absolute Gasteiger partial charge is 0.465 e. The summed E-state index contributed by atoms with van der Waals surface area (Å²) >= 11 is 1.36. The molecule has 0 radical (unpaired) electrons. The van der Waals surface area contributed by atoms with Crippen molar-refractivity contribution >= 4 is 35.1 Å². The average molecular weight is 428 g/mol. The molecular formula is C22H18F2N2O3S. The number of esters is 1. The average Bonchev–Trinajstić information content (AvgIpc) is 2.73. The lowest BCUT2D eigenvalue weighted by atomic mass is 10.2. The van der Waals surface area contributed by atoms with Crippen LogP contribution in [-0.2, 0) is 4.74 Å². The zero-order chi connectivity index (χ0) is 21.7. The lowest BCUT2D eigenvalue weighted by Gasteiger charge is -2.14. The molecule has 0 saturated heterocycles.